The lowest BCUT2D eigenvalue weighted by atomic mass is 10.0. The molecule has 1 heterocycles. The summed E-state index contributed by atoms with van der Waals surface area (Å²) in [7, 11) is 1.56. The maximum Gasteiger partial charge on any atom is 0.255 e. The van der Waals surface area contributed by atoms with Gasteiger partial charge in [0.25, 0.3) is 5.91 Å². The number of methoxy groups -OCH3 is 1. The molecule has 2 aromatic rings. The Morgan fingerprint density at radius 2 is 1.72 bits per heavy atom. The summed E-state index contributed by atoms with van der Waals surface area (Å²) < 4.78 is 16.7. The van der Waals surface area contributed by atoms with Crippen LogP contribution in [0.3, 0.4) is 0 Å². The van der Waals surface area contributed by atoms with E-state index in [0.29, 0.717) is 11.5 Å². The number of hydrogen-bond donors (Lipinski definition) is 5. The zero-order valence-corrected chi connectivity index (χ0v) is 24.5. The van der Waals surface area contributed by atoms with Crippen molar-refractivity contribution >= 4 is 29.5 Å². The van der Waals surface area contributed by atoms with E-state index in [9.17, 15) is 24.0 Å². The molecule has 0 bridgehead atoms. The number of carbonyl (C=O) groups excluding carboxylic acids is 5. The molecular formula is C30H39N5O8. The first-order valence-electron chi connectivity index (χ1n) is 14.0. The van der Waals surface area contributed by atoms with E-state index in [-0.39, 0.29) is 49.8 Å². The Labute approximate surface area is 250 Å². The van der Waals surface area contributed by atoms with E-state index < -0.39 is 54.1 Å². The number of nitrogens with one attached hydrogen (secondary N) is 4. The summed E-state index contributed by atoms with van der Waals surface area (Å²) >= 11 is 0. The van der Waals surface area contributed by atoms with Gasteiger partial charge in [0, 0.05) is 6.42 Å². The molecule has 232 valence electrons. The van der Waals surface area contributed by atoms with Crippen molar-refractivity contribution in [3.8, 4) is 17.2 Å². The number of ether oxygens (including phenoxy) is 3. The number of fused-ring (bicyclic) bond motifs is 1. The standard InChI is InChI=1S/C30H39N5O8/c1-18(2)24-17-43-25-7-5-4-6-21(25)28(38)34-22(12-13-27(37)33-23(16-26(31)36)30(40)35-24)29(39)32-14-15-42-20-10-8-19(41-3)9-11-20/h4-11,18,22-24H,12-17H2,1-3H3,(H2,31,36)(H,32,39)(H,33,37)(H,34,38)(H,35,40)/t22-,23-,24+/m0/s1. The Kier molecular flexibility index (Phi) is 12.2. The van der Waals surface area contributed by atoms with Crippen molar-refractivity contribution in [1.29, 1.82) is 0 Å². The minimum atomic E-state index is -1.22. The topological polar surface area (TPSA) is 187 Å². The second-order valence-electron chi connectivity index (χ2n) is 10.3. The number of carbonyl (C=O) groups is 5. The minimum absolute atomic E-state index is 0.00302. The van der Waals surface area contributed by atoms with Crippen molar-refractivity contribution in [2.24, 2.45) is 11.7 Å². The van der Waals surface area contributed by atoms with Gasteiger partial charge in [-0.05, 0) is 48.7 Å². The van der Waals surface area contributed by atoms with Crippen LogP contribution in [0, 0.1) is 5.92 Å². The average Bonchev–Trinajstić information content (AvgIpc) is 2.98. The van der Waals surface area contributed by atoms with Crippen molar-refractivity contribution in [1.82, 2.24) is 21.3 Å². The summed E-state index contributed by atoms with van der Waals surface area (Å²) in [5, 5.41) is 10.8. The number of para-hydroxylation sites is 1. The van der Waals surface area contributed by atoms with Crippen LogP contribution in [0.2, 0.25) is 0 Å². The molecular weight excluding hydrogens is 558 g/mol. The van der Waals surface area contributed by atoms with Gasteiger partial charge in [-0.2, -0.15) is 0 Å². The maximum absolute atomic E-state index is 13.3. The normalized spacial score (nSPS) is 19.7. The van der Waals surface area contributed by atoms with Crippen LogP contribution in [0.15, 0.2) is 48.5 Å². The number of hydrogen-bond acceptors (Lipinski definition) is 8. The van der Waals surface area contributed by atoms with Gasteiger partial charge in [0.1, 0.15) is 42.5 Å². The van der Waals surface area contributed by atoms with Crippen molar-refractivity contribution in [2.45, 2.75) is 51.2 Å². The number of amides is 5. The van der Waals surface area contributed by atoms with Gasteiger partial charge >= 0.3 is 0 Å². The van der Waals surface area contributed by atoms with E-state index in [1.807, 2.05) is 13.8 Å². The number of primary amides is 1. The second kappa shape index (κ2) is 16.0. The van der Waals surface area contributed by atoms with Crippen molar-refractivity contribution in [2.75, 3.05) is 26.9 Å². The lowest BCUT2D eigenvalue weighted by molar-refractivity contribution is -0.132. The fourth-order valence-corrected chi connectivity index (χ4v) is 4.24. The van der Waals surface area contributed by atoms with Crippen LogP contribution in [-0.2, 0) is 19.2 Å². The molecule has 1 aliphatic heterocycles. The summed E-state index contributed by atoms with van der Waals surface area (Å²) in [5.41, 5.74) is 5.52. The van der Waals surface area contributed by atoms with E-state index >= 15 is 0 Å². The molecule has 0 radical (unpaired) electrons. The molecule has 0 fully saturated rings. The van der Waals surface area contributed by atoms with Crippen LogP contribution < -0.4 is 41.2 Å². The van der Waals surface area contributed by atoms with Crippen LogP contribution in [-0.4, -0.2) is 74.5 Å². The van der Waals surface area contributed by atoms with Crippen molar-refractivity contribution in [3.05, 3.63) is 54.1 Å². The van der Waals surface area contributed by atoms with Crippen LogP contribution in [0.4, 0.5) is 0 Å². The largest absolute Gasteiger partial charge is 0.497 e. The van der Waals surface area contributed by atoms with E-state index in [4.69, 9.17) is 19.9 Å². The van der Waals surface area contributed by atoms with Crippen LogP contribution in [0.25, 0.3) is 0 Å². The number of rotatable bonds is 9. The highest BCUT2D eigenvalue weighted by Crippen LogP contribution is 2.20. The number of nitrogens with two attached hydrogens (primary N) is 1. The molecule has 2 aromatic carbocycles. The predicted octanol–water partition coefficient (Wildman–Crippen LogP) is 0.662. The van der Waals surface area contributed by atoms with E-state index in [1.54, 1.807) is 55.6 Å². The Balaban J connectivity index is 1.77. The first-order valence-corrected chi connectivity index (χ1v) is 14.0. The summed E-state index contributed by atoms with van der Waals surface area (Å²) in [4.78, 5) is 64.0. The van der Waals surface area contributed by atoms with E-state index in [2.05, 4.69) is 21.3 Å². The molecule has 0 saturated heterocycles. The van der Waals surface area contributed by atoms with Crippen molar-refractivity contribution < 1.29 is 38.2 Å². The minimum Gasteiger partial charge on any atom is -0.497 e. The highest BCUT2D eigenvalue weighted by Gasteiger charge is 2.29. The Morgan fingerprint density at radius 1 is 1.02 bits per heavy atom. The molecule has 0 aliphatic carbocycles. The highest BCUT2D eigenvalue weighted by atomic mass is 16.5. The molecule has 6 N–H and O–H groups in total. The van der Waals surface area contributed by atoms with Crippen molar-refractivity contribution in [3.63, 3.8) is 0 Å². The molecule has 0 aromatic heterocycles. The summed E-state index contributed by atoms with van der Waals surface area (Å²) in [5.74, 6) is -1.64. The zero-order valence-electron chi connectivity index (χ0n) is 24.5. The molecule has 0 spiro atoms. The molecule has 13 heteroatoms. The Bertz CT molecular complexity index is 1280. The monoisotopic (exact) mass is 597 g/mol. The van der Waals surface area contributed by atoms with Gasteiger partial charge in [-0.15, -0.1) is 0 Å². The smallest absolute Gasteiger partial charge is 0.255 e. The van der Waals surface area contributed by atoms with Crippen LogP contribution >= 0.6 is 0 Å². The van der Waals surface area contributed by atoms with Gasteiger partial charge in [0.05, 0.1) is 31.7 Å². The molecule has 3 rings (SSSR count). The third-order valence-corrected chi connectivity index (χ3v) is 6.75. The van der Waals surface area contributed by atoms with Gasteiger partial charge in [0.2, 0.25) is 23.6 Å². The van der Waals surface area contributed by atoms with E-state index in [0.717, 1.165) is 0 Å². The molecule has 0 unspecified atom stereocenters. The Hall–Kier alpha value is -4.81. The van der Waals surface area contributed by atoms with Crippen LogP contribution in [0.5, 0.6) is 17.2 Å². The molecule has 3 atom stereocenters. The molecule has 13 nitrogen and oxygen atoms in total. The fraction of sp³-hybridized carbons (Fsp3) is 0.433. The SMILES string of the molecule is COc1ccc(OCCNC(=O)[C@@H]2CCC(=O)N[C@@H](CC(N)=O)C(=O)N[C@@H](C(C)C)COc3ccccc3C(=O)N2)cc1. The van der Waals surface area contributed by atoms with E-state index in [1.165, 1.54) is 0 Å². The van der Waals surface area contributed by atoms with Crippen LogP contribution in [0.1, 0.15) is 43.5 Å². The lowest BCUT2D eigenvalue weighted by Crippen LogP contribution is -2.53. The summed E-state index contributed by atoms with van der Waals surface area (Å²) in [6, 6.07) is 10.6. The zero-order chi connectivity index (χ0) is 31.4. The highest BCUT2D eigenvalue weighted by molar-refractivity contribution is 6.00. The average molecular weight is 598 g/mol. The van der Waals surface area contributed by atoms with Gasteiger partial charge in [-0.1, -0.05) is 26.0 Å². The molecule has 43 heavy (non-hydrogen) atoms. The van der Waals surface area contributed by atoms with Gasteiger partial charge in [-0.25, -0.2) is 0 Å². The third kappa shape index (κ3) is 10.2. The lowest BCUT2D eigenvalue weighted by Gasteiger charge is -2.26. The van der Waals surface area contributed by atoms with Gasteiger partial charge in [-0.3, -0.25) is 24.0 Å². The molecule has 5 amide bonds. The fourth-order valence-electron chi connectivity index (χ4n) is 4.24. The Morgan fingerprint density at radius 3 is 2.40 bits per heavy atom. The third-order valence-electron chi connectivity index (χ3n) is 6.75. The first kappa shape index (κ1) is 32.7. The first-order chi connectivity index (χ1) is 20.6. The molecule has 1 aliphatic rings. The molecule has 0 saturated carbocycles. The maximum atomic E-state index is 13.3. The summed E-state index contributed by atoms with van der Waals surface area (Å²) in [6.07, 6.45) is -0.735. The summed E-state index contributed by atoms with van der Waals surface area (Å²) in [6.45, 7) is 4.02. The van der Waals surface area contributed by atoms with Gasteiger partial charge in [0.15, 0.2) is 0 Å². The van der Waals surface area contributed by atoms with Gasteiger partial charge < -0.3 is 41.2 Å². The second-order valence-corrected chi connectivity index (χ2v) is 10.3. The number of benzene rings is 2. The quantitative estimate of drug-likeness (QED) is 0.261. The predicted molar refractivity (Wildman–Crippen MR) is 156 cm³/mol.